The molecule has 0 aliphatic heterocycles. The molecule has 0 radical (unpaired) electrons. The fraction of sp³-hybridized carbons (Fsp3) is 0.375. The van der Waals surface area contributed by atoms with Gasteiger partial charge in [0.1, 0.15) is 5.75 Å². The molecular weight excluding hydrogens is 280 g/mol. The first-order valence-electron chi connectivity index (χ1n) is 7.18. The maximum atomic E-state index is 11.4. The zero-order valence-electron chi connectivity index (χ0n) is 13.2. The maximum absolute atomic E-state index is 11.4. The number of likely N-dealkylation sites (N-methyl/N-ethyl adjacent to an activating group) is 1. The average molecular weight is 304 g/mol. The van der Waals surface area contributed by atoms with Crippen LogP contribution in [0.4, 0.5) is 0 Å². The number of rotatable bonds is 8. The molecule has 1 rings (SSSR count). The van der Waals surface area contributed by atoms with Crippen LogP contribution < -0.4 is 21.1 Å². The third-order valence-electron chi connectivity index (χ3n) is 2.65. The molecule has 4 N–H and O–H groups in total. The van der Waals surface area contributed by atoms with E-state index in [1.165, 1.54) is 0 Å². The molecule has 1 amide bonds. The summed E-state index contributed by atoms with van der Waals surface area (Å²) in [5.74, 6) is 0.864. The number of nitrogens with zero attached hydrogens (tertiary/aromatic N) is 1. The van der Waals surface area contributed by atoms with Crippen LogP contribution in [0.3, 0.4) is 0 Å². The van der Waals surface area contributed by atoms with E-state index in [2.05, 4.69) is 22.2 Å². The molecule has 6 nitrogen and oxygen atoms in total. The Morgan fingerprint density at radius 3 is 2.86 bits per heavy atom. The van der Waals surface area contributed by atoms with Crippen LogP contribution in [0.1, 0.15) is 19.4 Å². The van der Waals surface area contributed by atoms with E-state index in [4.69, 9.17) is 10.5 Å². The molecular formula is C16H24N4O2. The monoisotopic (exact) mass is 304 g/mol. The molecule has 1 aromatic carbocycles. The van der Waals surface area contributed by atoms with Gasteiger partial charge in [0.15, 0.2) is 12.6 Å². The molecule has 0 aliphatic rings. The van der Waals surface area contributed by atoms with Crippen LogP contribution in [0.25, 0.3) is 0 Å². The topological polar surface area (TPSA) is 88.7 Å². The van der Waals surface area contributed by atoms with Gasteiger partial charge in [-0.15, -0.1) is 0 Å². The molecule has 22 heavy (non-hydrogen) atoms. The zero-order valence-corrected chi connectivity index (χ0v) is 13.2. The predicted octanol–water partition coefficient (Wildman–Crippen LogP) is 1.18. The zero-order chi connectivity index (χ0) is 16.4. The molecule has 120 valence electrons. The van der Waals surface area contributed by atoms with E-state index in [1.807, 2.05) is 32.0 Å². The molecule has 0 fully saturated rings. The van der Waals surface area contributed by atoms with Gasteiger partial charge < -0.3 is 21.1 Å². The molecule has 0 saturated heterocycles. The number of carbonyl (C=O) groups is 1. The van der Waals surface area contributed by atoms with Crippen LogP contribution >= 0.6 is 0 Å². The third kappa shape index (κ3) is 7.33. The van der Waals surface area contributed by atoms with Gasteiger partial charge >= 0.3 is 0 Å². The second-order valence-electron chi connectivity index (χ2n) is 4.90. The largest absolute Gasteiger partial charge is 0.484 e. The number of guanidine groups is 1. The number of amides is 1. The molecule has 0 aliphatic carbocycles. The van der Waals surface area contributed by atoms with Crippen molar-refractivity contribution in [2.24, 2.45) is 10.7 Å². The van der Waals surface area contributed by atoms with E-state index in [0.717, 1.165) is 11.1 Å². The molecule has 1 aromatic rings. The number of hydrogen-bond donors (Lipinski definition) is 3. The lowest BCUT2D eigenvalue weighted by Crippen LogP contribution is -2.32. The summed E-state index contributed by atoms with van der Waals surface area (Å²) in [5.41, 5.74) is 7.69. The van der Waals surface area contributed by atoms with Crippen molar-refractivity contribution >= 4 is 11.9 Å². The highest BCUT2D eigenvalue weighted by Crippen LogP contribution is 2.13. The normalized spacial score (nSPS) is 10.9. The summed E-state index contributed by atoms with van der Waals surface area (Å²) in [6, 6.07) is 7.42. The van der Waals surface area contributed by atoms with E-state index in [1.54, 1.807) is 6.07 Å². The Morgan fingerprint density at radius 1 is 1.41 bits per heavy atom. The number of ether oxygens (including phenoxy) is 1. The number of nitrogens with two attached hydrogens (primary N) is 1. The predicted molar refractivity (Wildman–Crippen MR) is 88.8 cm³/mol. The van der Waals surface area contributed by atoms with Crippen molar-refractivity contribution in [2.75, 3.05) is 19.7 Å². The quantitative estimate of drug-likeness (QED) is 0.382. The molecule has 6 heteroatoms. The fourth-order valence-electron chi connectivity index (χ4n) is 1.60. The van der Waals surface area contributed by atoms with Crippen molar-refractivity contribution < 1.29 is 9.53 Å². The van der Waals surface area contributed by atoms with Gasteiger partial charge in [0.05, 0.1) is 6.54 Å². The Bertz CT molecular complexity index is 541. The first-order chi connectivity index (χ1) is 10.5. The van der Waals surface area contributed by atoms with Gasteiger partial charge in [-0.2, -0.15) is 0 Å². The second-order valence-corrected chi connectivity index (χ2v) is 4.90. The van der Waals surface area contributed by atoms with Gasteiger partial charge in [0.25, 0.3) is 5.91 Å². The maximum Gasteiger partial charge on any atom is 0.257 e. The van der Waals surface area contributed by atoms with Gasteiger partial charge in [0, 0.05) is 13.1 Å². The minimum absolute atomic E-state index is 0.00284. The Balaban J connectivity index is 2.51. The second kappa shape index (κ2) is 9.44. The average Bonchev–Trinajstić information content (AvgIpc) is 2.49. The highest BCUT2D eigenvalue weighted by molar-refractivity contribution is 5.78. The molecule has 0 saturated carbocycles. The van der Waals surface area contributed by atoms with Crippen molar-refractivity contribution in [1.29, 1.82) is 0 Å². The minimum atomic E-state index is -0.140. The lowest BCUT2D eigenvalue weighted by Gasteiger charge is -2.08. The van der Waals surface area contributed by atoms with Crippen LogP contribution in [0, 0.1) is 0 Å². The summed E-state index contributed by atoms with van der Waals surface area (Å²) in [6.07, 6.45) is 0. The highest BCUT2D eigenvalue weighted by Gasteiger charge is 2.02. The Hall–Kier alpha value is -2.50. The number of aliphatic imine (C=N–C) groups is 1. The first-order valence-corrected chi connectivity index (χ1v) is 7.18. The van der Waals surface area contributed by atoms with Gasteiger partial charge in [0.2, 0.25) is 0 Å². The Kier molecular flexibility index (Phi) is 7.53. The van der Waals surface area contributed by atoms with E-state index in [-0.39, 0.29) is 12.5 Å². The van der Waals surface area contributed by atoms with E-state index >= 15 is 0 Å². The number of benzene rings is 1. The van der Waals surface area contributed by atoms with Gasteiger partial charge in [-0.1, -0.05) is 24.3 Å². The van der Waals surface area contributed by atoms with Crippen LogP contribution in [0.2, 0.25) is 0 Å². The fourth-order valence-corrected chi connectivity index (χ4v) is 1.60. The van der Waals surface area contributed by atoms with Gasteiger partial charge in [-0.3, -0.25) is 4.79 Å². The van der Waals surface area contributed by atoms with Gasteiger partial charge in [-0.25, -0.2) is 4.99 Å². The van der Waals surface area contributed by atoms with Gasteiger partial charge in [-0.05, 0) is 31.5 Å². The highest BCUT2D eigenvalue weighted by atomic mass is 16.5. The van der Waals surface area contributed by atoms with Crippen molar-refractivity contribution in [1.82, 2.24) is 10.6 Å². The molecule has 0 atom stereocenters. The molecule has 0 aromatic heterocycles. The van der Waals surface area contributed by atoms with Crippen molar-refractivity contribution in [3.63, 3.8) is 0 Å². The summed E-state index contributed by atoms with van der Waals surface area (Å²) >= 11 is 0. The van der Waals surface area contributed by atoms with Crippen LogP contribution in [0.15, 0.2) is 41.4 Å². The van der Waals surface area contributed by atoms with Crippen LogP contribution in [-0.2, 0) is 11.3 Å². The third-order valence-corrected chi connectivity index (χ3v) is 2.65. The minimum Gasteiger partial charge on any atom is -0.484 e. The lowest BCUT2D eigenvalue weighted by atomic mass is 10.2. The van der Waals surface area contributed by atoms with Crippen LogP contribution in [-0.4, -0.2) is 31.6 Å². The smallest absolute Gasteiger partial charge is 0.257 e. The molecule has 0 bridgehead atoms. The van der Waals surface area contributed by atoms with Crippen molar-refractivity contribution in [3.8, 4) is 5.75 Å². The molecule has 0 unspecified atom stereocenters. The van der Waals surface area contributed by atoms with Crippen molar-refractivity contribution in [3.05, 3.63) is 42.0 Å². The number of hydrogen-bond acceptors (Lipinski definition) is 3. The number of carbonyl (C=O) groups excluding carboxylic acids is 1. The van der Waals surface area contributed by atoms with Crippen molar-refractivity contribution in [2.45, 2.75) is 20.4 Å². The lowest BCUT2D eigenvalue weighted by molar-refractivity contribution is -0.122. The molecule has 0 spiro atoms. The van der Waals surface area contributed by atoms with Crippen LogP contribution in [0.5, 0.6) is 5.75 Å². The van der Waals surface area contributed by atoms with E-state index < -0.39 is 0 Å². The SMILES string of the molecule is C=C(C)CNC(N)=NCc1cccc(OCC(=O)NCC)c1. The number of nitrogens with one attached hydrogen (secondary N) is 2. The standard InChI is InChI=1S/C16H24N4O2/c1-4-18-15(21)11-22-14-7-5-6-13(8-14)10-20-16(17)19-9-12(2)3/h5-8H,2,4,9-11H2,1,3H3,(H,18,21)(H3,17,19,20). The first kappa shape index (κ1) is 17.6. The summed E-state index contributed by atoms with van der Waals surface area (Å²) in [6.45, 7) is 9.19. The summed E-state index contributed by atoms with van der Waals surface area (Å²) < 4.78 is 5.43. The van der Waals surface area contributed by atoms with E-state index in [9.17, 15) is 4.79 Å². The summed E-state index contributed by atoms with van der Waals surface area (Å²) in [5, 5.41) is 5.64. The summed E-state index contributed by atoms with van der Waals surface area (Å²) in [4.78, 5) is 15.6. The van der Waals surface area contributed by atoms with E-state index in [0.29, 0.717) is 31.3 Å². The Labute approximate surface area is 131 Å². The Morgan fingerprint density at radius 2 is 2.18 bits per heavy atom. The molecule has 0 heterocycles. The summed E-state index contributed by atoms with van der Waals surface area (Å²) in [7, 11) is 0.